The van der Waals surface area contributed by atoms with Crippen LogP contribution in [0.15, 0.2) is 36.5 Å². The summed E-state index contributed by atoms with van der Waals surface area (Å²) in [5.74, 6) is -1.71. The molecule has 1 heterocycles. The summed E-state index contributed by atoms with van der Waals surface area (Å²) in [4.78, 5) is 15.6. The lowest BCUT2D eigenvalue weighted by Gasteiger charge is -2.03. The van der Waals surface area contributed by atoms with Gasteiger partial charge in [0.25, 0.3) is 0 Å². The number of halogens is 2. The highest BCUT2D eigenvalue weighted by Crippen LogP contribution is 2.13. The summed E-state index contributed by atoms with van der Waals surface area (Å²) < 4.78 is 26.1. The third kappa shape index (κ3) is 2.68. The van der Waals surface area contributed by atoms with Crippen molar-refractivity contribution in [2.24, 2.45) is 0 Å². The number of nitrogens with two attached hydrogens (primary N) is 1. The minimum atomic E-state index is -0.859. The average Bonchev–Trinajstić information content (AvgIpc) is 2.28. The maximum atomic E-state index is 13.4. The molecule has 2 N–H and O–H groups in total. The Balaban J connectivity index is 2.22. The molecule has 1 aromatic carbocycles. The largest absolute Gasteiger partial charge is 0.384 e. The summed E-state index contributed by atoms with van der Waals surface area (Å²) in [5, 5.41) is 0. The summed E-state index contributed by atoms with van der Waals surface area (Å²) in [7, 11) is 0. The molecule has 0 radical (unpaired) electrons. The number of carbonyl (C=O) groups excluding carboxylic acids is 1. The molecule has 0 bridgehead atoms. The zero-order chi connectivity index (χ0) is 13.1. The Bertz CT molecular complexity index is 599. The highest BCUT2D eigenvalue weighted by atomic mass is 19.1. The molecule has 0 saturated heterocycles. The molecule has 3 nitrogen and oxygen atoms in total. The minimum Gasteiger partial charge on any atom is -0.384 e. The molecule has 1 aromatic heterocycles. The van der Waals surface area contributed by atoms with Crippen LogP contribution in [-0.2, 0) is 6.42 Å². The van der Waals surface area contributed by atoms with Crippen molar-refractivity contribution in [3.8, 4) is 0 Å². The van der Waals surface area contributed by atoms with Gasteiger partial charge in [-0.2, -0.15) is 0 Å². The molecule has 0 aliphatic carbocycles. The molecule has 0 fully saturated rings. The number of nitrogens with zero attached hydrogens (tertiary/aromatic N) is 1. The number of rotatable bonds is 3. The molecule has 0 saturated carbocycles. The highest BCUT2D eigenvalue weighted by molar-refractivity contribution is 5.97. The van der Waals surface area contributed by atoms with Gasteiger partial charge in [0.05, 0.1) is 5.56 Å². The zero-order valence-corrected chi connectivity index (χ0v) is 9.36. The van der Waals surface area contributed by atoms with E-state index in [0.717, 1.165) is 12.1 Å². The van der Waals surface area contributed by atoms with E-state index >= 15 is 0 Å². The first kappa shape index (κ1) is 12.2. The number of pyridine rings is 1. The molecule has 2 rings (SSSR count). The summed E-state index contributed by atoms with van der Waals surface area (Å²) >= 11 is 0. The molecule has 0 spiro atoms. The van der Waals surface area contributed by atoms with Gasteiger partial charge >= 0.3 is 0 Å². The second-order valence-electron chi connectivity index (χ2n) is 3.81. The van der Waals surface area contributed by atoms with Crippen molar-refractivity contribution >= 4 is 11.6 Å². The average molecular weight is 248 g/mol. The van der Waals surface area contributed by atoms with Crippen LogP contribution in [0, 0.1) is 11.6 Å². The Morgan fingerprint density at radius 3 is 2.67 bits per heavy atom. The van der Waals surface area contributed by atoms with Gasteiger partial charge in [0.15, 0.2) is 5.78 Å². The van der Waals surface area contributed by atoms with Gasteiger partial charge in [0.2, 0.25) is 0 Å². The fourth-order valence-electron chi connectivity index (χ4n) is 1.60. The van der Waals surface area contributed by atoms with Crippen LogP contribution in [0.3, 0.4) is 0 Å². The molecule has 92 valence electrons. The summed E-state index contributed by atoms with van der Waals surface area (Å²) in [6, 6.07) is 6.04. The van der Waals surface area contributed by atoms with E-state index in [1.807, 2.05) is 0 Å². The lowest BCUT2D eigenvalue weighted by molar-refractivity contribution is 0.0989. The number of benzene rings is 1. The van der Waals surface area contributed by atoms with Crippen molar-refractivity contribution < 1.29 is 13.6 Å². The van der Waals surface area contributed by atoms with Crippen LogP contribution in [0.1, 0.15) is 15.9 Å². The van der Waals surface area contributed by atoms with Gasteiger partial charge in [0, 0.05) is 18.7 Å². The van der Waals surface area contributed by atoms with Crippen molar-refractivity contribution in [3.05, 3.63) is 59.3 Å². The number of nitrogen functional groups attached to an aromatic ring is 1. The van der Waals surface area contributed by atoms with Crippen LogP contribution < -0.4 is 5.73 Å². The van der Waals surface area contributed by atoms with Gasteiger partial charge in [-0.05, 0) is 29.8 Å². The number of ketones is 1. The van der Waals surface area contributed by atoms with E-state index in [4.69, 9.17) is 5.73 Å². The SMILES string of the molecule is Nc1cc(CC(=O)c2ccc(F)cc2F)ccn1. The number of anilines is 1. The number of hydrogen-bond acceptors (Lipinski definition) is 3. The van der Waals surface area contributed by atoms with Crippen LogP contribution in [0.4, 0.5) is 14.6 Å². The molecule has 0 aliphatic heterocycles. The first-order valence-electron chi connectivity index (χ1n) is 5.25. The molecule has 0 atom stereocenters. The number of Topliss-reactive ketones (excluding diaryl/α,β-unsaturated/α-hetero) is 1. The van der Waals surface area contributed by atoms with Crippen LogP contribution >= 0.6 is 0 Å². The molecule has 0 aliphatic rings. The van der Waals surface area contributed by atoms with Crippen LogP contribution in [-0.4, -0.2) is 10.8 Å². The van der Waals surface area contributed by atoms with Gasteiger partial charge in [-0.25, -0.2) is 13.8 Å². The molecule has 0 unspecified atom stereocenters. The standard InChI is InChI=1S/C13H10F2N2O/c14-9-1-2-10(11(15)7-9)12(18)5-8-3-4-17-13(16)6-8/h1-4,6-7H,5H2,(H2,16,17). The highest BCUT2D eigenvalue weighted by Gasteiger charge is 2.13. The third-order valence-corrected chi connectivity index (χ3v) is 2.44. The Morgan fingerprint density at radius 2 is 2.00 bits per heavy atom. The first-order valence-corrected chi connectivity index (χ1v) is 5.25. The van der Waals surface area contributed by atoms with Gasteiger partial charge in [0.1, 0.15) is 17.5 Å². The quantitative estimate of drug-likeness (QED) is 0.848. The molecule has 2 aromatic rings. The van der Waals surface area contributed by atoms with Gasteiger partial charge in [-0.3, -0.25) is 4.79 Å². The van der Waals surface area contributed by atoms with E-state index in [1.165, 1.54) is 6.20 Å². The van der Waals surface area contributed by atoms with E-state index in [1.54, 1.807) is 12.1 Å². The van der Waals surface area contributed by atoms with Crippen LogP contribution in [0.5, 0.6) is 0 Å². The number of carbonyl (C=O) groups is 1. The molecule has 18 heavy (non-hydrogen) atoms. The predicted molar refractivity (Wildman–Crippen MR) is 63.0 cm³/mol. The molecule has 0 amide bonds. The predicted octanol–water partition coefficient (Wildman–Crippen LogP) is 2.37. The van der Waals surface area contributed by atoms with Crippen molar-refractivity contribution in [1.82, 2.24) is 4.98 Å². The summed E-state index contributed by atoms with van der Waals surface area (Å²) in [5.41, 5.74) is 5.98. The monoisotopic (exact) mass is 248 g/mol. The van der Waals surface area contributed by atoms with E-state index < -0.39 is 17.4 Å². The maximum absolute atomic E-state index is 13.4. The lowest BCUT2D eigenvalue weighted by Crippen LogP contribution is -2.07. The van der Waals surface area contributed by atoms with E-state index in [9.17, 15) is 13.6 Å². The zero-order valence-electron chi connectivity index (χ0n) is 9.36. The van der Waals surface area contributed by atoms with Crippen molar-refractivity contribution in [2.45, 2.75) is 6.42 Å². The van der Waals surface area contributed by atoms with Crippen LogP contribution in [0.25, 0.3) is 0 Å². The molecule has 5 heteroatoms. The fourth-order valence-corrected chi connectivity index (χ4v) is 1.60. The first-order chi connectivity index (χ1) is 8.56. The van der Waals surface area contributed by atoms with Crippen molar-refractivity contribution in [1.29, 1.82) is 0 Å². The third-order valence-electron chi connectivity index (χ3n) is 2.44. The van der Waals surface area contributed by atoms with Crippen molar-refractivity contribution in [2.75, 3.05) is 5.73 Å². The Labute approximate surface area is 102 Å². The normalized spacial score (nSPS) is 10.3. The Morgan fingerprint density at radius 1 is 1.22 bits per heavy atom. The topological polar surface area (TPSA) is 56.0 Å². The fraction of sp³-hybridized carbons (Fsp3) is 0.0769. The van der Waals surface area contributed by atoms with E-state index in [2.05, 4.69) is 4.98 Å². The van der Waals surface area contributed by atoms with Gasteiger partial charge in [-0.1, -0.05) is 0 Å². The number of hydrogen-bond donors (Lipinski definition) is 1. The van der Waals surface area contributed by atoms with E-state index in [-0.39, 0.29) is 12.0 Å². The maximum Gasteiger partial charge on any atom is 0.170 e. The van der Waals surface area contributed by atoms with Crippen LogP contribution in [0.2, 0.25) is 0 Å². The smallest absolute Gasteiger partial charge is 0.170 e. The summed E-state index contributed by atoms with van der Waals surface area (Å²) in [6.07, 6.45) is 1.47. The summed E-state index contributed by atoms with van der Waals surface area (Å²) in [6.45, 7) is 0. The molecular weight excluding hydrogens is 238 g/mol. The molecular formula is C13H10F2N2O. The second-order valence-corrected chi connectivity index (χ2v) is 3.81. The Hall–Kier alpha value is -2.30. The Kier molecular flexibility index (Phi) is 3.32. The van der Waals surface area contributed by atoms with Gasteiger partial charge in [-0.15, -0.1) is 0 Å². The van der Waals surface area contributed by atoms with Crippen molar-refractivity contribution in [3.63, 3.8) is 0 Å². The van der Waals surface area contributed by atoms with E-state index in [0.29, 0.717) is 17.4 Å². The van der Waals surface area contributed by atoms with Gasteiger partial charge < -0.3 is 5.73 Å². The lowest BCUT2D eigenvalue weighted by atomic mass is 10.0. The minimum absolute atomic E-state index is 0.00469. The second kappa shape index (κ2) is 4.91. The number of aromatic nitrogens is 1.